The summed E-state index contributed by atoms with van der Waals surface area (Å²) in [6, 6.07) is 21.7. The van der Waals surface area contributed by atoms with Crippen molar-refractivity contribution >= 4 is 17.5 Å². The predicted octanol–water partition coefficient (Wildman–Crippen LogP) is 4.36. The molecule has 0 spiro atoms. The molecule has 0 saturated carbocycles. The van der Waals surface area contributed by atoms with Crippen molar-refractivity contribution in [1.29, 1.82) is 5.26 Å². The van der Waals surface area contributed by atoms with E-state index in [1.54, 1.807) is 12.1 Å². The van der Waals surface area contributed by atoms with Crippen LogP contribution in [0.1, 0.15) is 18.4 Å². The number of aromatic nitrogens is 2. The van der Waals surface area contributed by atoms with Crippen LogP contribution in [0.2, 0.25) is 0 Å². The minimum atomic E-state index is 0.545. The van der Waals surface area contributed by atoms with E-state index in [-0.39, 0.29) is 0 Å². The van der Waals surface area contributed by atoms with Crippen LogP contribution < -0.4 is 10.2 Å². The second kappa shape index (κ2) is 7.24. The Labute approximate surface area is 153 Å². The Morgan fingerprint density at radius 1 is 0.923 bits per heavy atom. The molecule has 0 atom stereocenters. The molecule has 1 aliphatic heterocycles. The van der Waals surface area contributed by atoms with Crippen molar-refractivity contribution in [1.82, 2.24) is 9.97 Å². The normalized spacial score (nSPS) is 13.4. The highest BCUT2D eigenvalue weighted by Gasteiger charge is 2.16. The molecule has 1 aliphatic rings. The largest absolute Gasteiger partial charge is 0.356 e. The van der Waals surface area contributed by atoms with Crippen LogP contribution in [0.3, 0.4) is 0 Å². The van der Waals surface area contributed by atoms with Gasteiger partial charge in [-0.15, -0.1) is 0 Å². The van der Waals surface area contributed by atoms with Crippen LogP contribution in [-0.4, -0.2) is 23.1 Å². The first kappa shape index (κ1) is 16.1. The second-order valence-corrected chi connectivity index (χ2v) is 6.31. The van der Waals surface area contributed by atoms with E-state index in [0.29, 0.717) is 11.5 Å². The number of rotatable bonds is 4. The van der Waals surface area contributed by atoms with E-state index in [4.69, 9.17) is 15.2 Å². The van der Waals surface area contributed by atoms with E-state index >= 15 is 0 Å². The first-order chi connectivity index (χ1) is 12.8. The summed E-state index contributed by atoms with van der Waals surface area (Å²) >= 11 is 0. The average molecular weight is 341 g/mol. The molecule has 2 heterocycles. The van der Waals surface area contributed by atoms with Gasteiger partial charge >= 0.3 is 0 Å². The van der Waals surface area contributed by atoms with Gasteiger partial charge in [0.05, 0.1) is 17.3 Å². The number of nitrogens with one attached hydrogen (secondary N) is 1. The zero-order valence-corrected chi connectivity index (χ0v) is 14.4. The number of nitrogens with zero attached hydrogens (tertiary/aromatic N) is 4. The maximum absolute atomic E-state index is 9.09. The lowest BCUT2D eigenvalue weighted by atomic mass is 10.1. The Morgan fingerprint density at radius 2 is 1.73 bits per heavy atom. The molecule has 26 heavy (non-hydrogen) atoms. The van der Waals surface area contributed by atoms with Crippen LogP contribution in [0.4, 0.5) is 17.5 Å². The summed E-state index contributed by atoms with van der Waals surface area (Å²) in [5.74, 6) is 1.48. The van der Waals surface area contributed by atoms with E-state index in [2.05, 4.69) is 34.5 Å². The van der Waals surface area contributed by atoms with Crippen molar-refractivity contribution in [2.75, 3.05) is 23.3 Å². The van der Waals surface area contributed by atoms with Crippen LogP contribution in [0, 0.1) is 11.3 Å². The molecular weight excluding hydrogens is 322 g/mol. The maximum Gasteiger partial charge on any atom is 0.229 e. The number of hydrogen-bond donors (Lipinski definition) is 1. The molecule has 1 N–H and O–H groups in total. The number of anilines is 3. The minimum Gasteiger partial charge on any atom is -0.356 e. The Balaban J connectivity index is 1.73. The molecule has 3 aromatic rings. The van der Waals surface area contributed by atoms with Gasteiger partial charge in [0.1, 0.15) is 5.82 Å². The van der Waals surface area contributed by atoms with Gasteiger partial charge < -0.3 is 10.2 Å². The van der Waals surface area contributed by atoms with Gasteiger partial charge in [0.15, 0.2) is 0 Å². The highest BCUT2D eigenvalue weighted by molar-refractivity contribution is 5.67. The molecule has 2 aromatic carbocycles. The molecule has 5 nitrogen and oxygen atoms in total. The Kier molecular flexibility index (Phi) is 4.48. The summed E-state index contributed by atoms with van der Waals surface area (Å²) in [4.78, 5) is 11.7. The Morgan fingerprint density at radius 3 is 2.50 bits per heavy atom. The van der Waals surface area contributed by atoms with Crippen molar-refractivity contribution in [3.63, 3.8) is 0 Å². The van der Waals surface area contributed by atoms with E-state index in [1.807, 2.05) is 30.3 Å². The third-order valence-electron chi connectivity index (χ3n) is 4.46. The summed E-state index contributed by atoms with van der Waals surface area (Å²) in [5, 5.41) is 12.3. The lowest BCUT2D eigenvalue weighted by molar-refractivity contribution is 0.931. The smallest absolute Gasteiger partial charge is 0.229 e. The minimum absolute atomic E-state index is 0.545. The van der Waals surface area contributed by atoms with Crippen molar-refractivity contribution < 1.29 is 0 Å². The molecule has 1 fully saturated rings. The summed E-state index contributed by atoms with van der Waals surface area (Å²) in [7, 11) is 0. The topological polar surface area (TPSA) is 64.8 Å². The van der Waals surface area contributed by atoms with E-state index in [1.165, 1.54) is 12.8 Å². The van der Waals surface area contributed by atoms with Crippen molar-refractivity contribution in [2.45, 2.75) is 12.8 Å². The van der Waals surface area contributed by atoms with Crippen LogP contribution in [-0.2, 0) is 0 Å². The third kappa shape index (κ3) is 3.50. The van der Waals surface area contributed by atoms with E-state index in [9.17, 15) is 0 Å². The molecule has 0 unspecified atom stereocenters. The van der Waals surface area contributed by atoms with E-state index < -0.39 is 0 Å². The molecule has 0 aliphatic carbocycles. The molecule has 0 amide bonds. The van der Waals surface area contributed by atoms with E-state index in [0.717, 1.165) is 35.9 Å². The van der Waals surface area contributed by atoms with Gasteiger partial charge in [-0.3, -0.25) is 0 Å². The summed E-state index contributed by atoms with van der Waals surface area (Å²) < 4.78 is 0. The average Bonchev–Trinajstić information content (AvgIpc) is 3.23. The molecule has 5 heteroatoms. The quantitative estimate of drug-likeness (QED) is 0.764. The van der Waals surface area contributed by atoms with Crippen LogP contribution >= 0.6 is 0 Å². The summed E-state index contributed by atoms with van der Waals surface area (Å²) in [6.45, 7) is 2.04. The maximum atomic E-state index is 9.09. The monoisotopic (exact) mass is 341 g/mol. The zero-order chi connectivity index (χ0) is 17.8. The van der Waals surface area contributed by atoms with Gasteiger partial charge in [-0.05, 0) is 31.0 Å². The fourth-order valence-electron chi connectivity index (χ4n) is 3.15. The first-order valence-electron chi connectivity index (χ1n) is 8.78. The molecule has 128 valence electrons. The van der Waals surface area contributed by atoms with Gasteiger partial charge in [-0.2, -0.15) is 10.2 Å². The Hall–Kier alpha value is -3.39. The summed E-state index contributed by atoms with van der Waals surface area (Å²) in [6.07, 6.45) is 2.38. The fraction of sp³-hybridized carbons (Fsp3) is 0.190. The van der Waals surface area contributed by atoms with Crippen LogP contribution in [0.15, 0.2) is 60.7 Å². The predicted molar refractivity (Wildman–Crippen MR) is 103 cm³/mol. The molecular formula is C21H19N5. The second-order valence-electron chi connectivity index (χ2n) is 6.31. The number of benzene rings is 2. The van der Waals surface area contributed by atoms with Gasteiger partial charge in [0, 0.05) is 30.4 Å². The van der Waals surface area contributed by atoms with Crippen LogP contribution in [0.5, 0.6) is 0 Å². The molecule has 0 radical (unpaired) electrons. The van der Waals surface area contributed by atoms with Gasteiger partial charge in [0.25, 0.3) is 0 Å². The zero-order valence-electron chi connectivity index (χ0n) is 14.4. The molecule has 1 aromatic heterocycles. The Bertz CT molecular complexity index is 940. The molecule has 1 saturated heterocycles. The van der Waals surface area contributed by atoms with Gasteiger partial charge in [-0.1, -0.05) is 36.4 Å². The van der Waals surface area contributed by atoms with Crippen molar-refractivity contribution in [3.8, 4) is 17.3 Å². The third-order valence-corrected chi connectivity index (χ3v) is 4.46. The molecule has 0 bridgehead atoms. The fourth-order valence-corrected chi connectivity index (χ4v) is 3.15. The number of hydrogen-bond acceptors (Lipinski definition) is 5. The van der Waals surface area contributed by atoms with Crippen LogP contribution in [0.25, 0.3) is 11.3 Å². The molecule has 4 rings (SSSR count). The number of nitriles is 1. The summed E-state index contributed by atoms with van der Waals surface area (Å²) in [5.41, 5.74) is 3.36. The lowest BCUT2D eigenvalue weighted by Gasteiger charge is -2.18. The highest BCUT2D eigenvalue weighted by Crippen LogP contribution is 2.27. The van der Waals surface area contributed by atoms with Crippen molar-refractivity contribution in [3.05, 3.63) is 66.2 Å². The van der Waals surface area contributed by atoms with Crippen molar-refractivity contribution in [2.24, 2.45) is 0 Å². The highest BCUT2D eigenvalue weighted by atomic mass is 15.2. The first-order valence-corrected chi connectivity index (χ1v) is 8.78. The standard InChI is InChI=1S/C21H19N5/c22-15-16-7-6-10-18(13-16)23-21-24-19(17-8-2-1-3-9-17)14-20(25-21)26-11-4-5-12-26/h1-3,6-10,13-14H,4-5,11-12H2,(H,23,24,25). The SMILES string of the molecule is N#Cc1cccc(Nc2nc(-c3ccccc3)cc(N3CCCC3)n2)c1. The lowest BCUT2D eigenvalue weighted by Crippen LogP contribution is -2.19. The van der Waals surface area contributed by atoms with Gasteiger partial charge in [0.2, 0.25) is 5.95 Å². The van der Waals surface area contributed by atoms with Gasteiger partial charge in [-0.25, -0.2) is 4.98 Å².